The SMILES string of the molecule is O=C(c1cccc(Br)c1)N1CCOC(c2ccccc2Cl)C1. The number of benzene rings is 2. The van der Waals surface area contributed by atoms with E-state index >= 15 is 0 Å². The van der Waals surface area contributed by atoms with Gasteiger partial charge < -0.3 is 9.64 Å². The summed E-state index contributed by atoms with van der Waals surface area (Å²) in [5.74, 6) is 0.0154. The first-order valence-corrected chi connectivity index (χ1v) is 8.23. The van der Waals surface area contributed by atoms with Crippen molar-refractivity contribution in [2.45, 2.75) is 6.10 Å². The number of hydrogen-bond donors (Lipinski definition) is 0. The van der Waals surface area contributed by atoms with Gasteiger partial charge in [0.25, 0.3) is 5.91 Å². The molecule has 0 aliphatic carbocycles. The summed E-state index contributed by atoms with van der Waals surface area (Å²) < 4.78 is 6.69. The maximum atomic E-state index is 12.6. The molecule has 0 aromatic heterocycles. The topological polar surface area (TPSA) is 29.5 Å². The Bertz CT molecular complexity index is 692. The lowest BCUT2D eigenvalue weighted by Crippen LogP contribution is -2.42. The quantitative estimate of drug-likeness (QED) is 0.777. The first-order chi connectivity index (χ1) is 10.6. The zero-order valence-electron chi connectivity index (χ0n) is 11.8. The zero-order chi connectivity index (χ0) is 15.5. The van der Waals surface area contributed by atoms with Gasteiger partial charge in [-0.1, -0.05) is 51.8 Å². The second-order valence-electron chi connectivity index (χ2n) is 5.14. The molecule has 1 saturated heterocycles. The van der Waals surface area contributed by atoms with E-state index in [2.05, 4.69) is 15.9 Å². The maximum Gasteiger partial charge on any atom is 0.254 e. The zero-order valence-corrected chi connectivity index (χ0v) is 14.2. The molecular weight excluding hydrogens is 366 g/mol. The Morgan fingerprint density at radius 1 is 1.23 bits per heavy atom. The fraction of sp³-hybridized carbons (Fsp3) is 0.235. The van der Waals surface area contributed by atoms with Crippen molar-refractivity contribution in [3.05, 3.63) is 69.2 Å². The minimum absolute atomic E-state index is 0.0154. The van der Waals surface area contributed by atoms with Crippen LogP contribution in [-0.2, 0) is 4.74 Å². The number of ether oxygens (including phenoxy) is 1. The standard InChI is InChI=1S/C17H15BrClNO2/c18-13-5-3-4-12(10-13)17(21)20-8-9-22-16(11-20)14-6-1-2-7-15(14)19/h1-7,10,16H,8-9,11H2. The van der Waals surface area contributed by atoms with Crippen molar-refractivity contribution in [3.8, 4) is 0 Å². The molecule has 1 amide bonds. The Balaban J connectivity index is 1.78. The molecule has 3 nitrogen and oxygen atoms in total. The van der Waals surface area contributed by atoms with E-state index in [1.54, 1.807) is 0 Å². The first-order valence-electron chi connectivity index (χ1n) is 7.06. The van der Waals surface area contributed by atoms with Crippen LogP contribution in [-0.4, -0.2) is 30.5 Å². The van der Waals surface area contributed by atoms with Crippen LogP contribution < -0.4 is 0 Å². The Hall–Kier alpha value is -1.36. The summed E-state index contributed by atoms with van der Waals surface area (Å²) in [5, 5.41) is 0.671. The first kappa shape index (κ1) is 15.5. The van der Waals surface area contributed by atoms with Crippen molar-refractivity contribution in [2.75, 3.05) is 19.7 Å². The third-order valence-corrected chi connectivity index (χ3v) is 4.51. The average molecular weight is 381 g/mol. The fourth-order valence-electron chi connectivity index (χ4n) is 2.56. The molecule has 0 bridgehead atoms. The summed E-state index contributed by atoms with van der Waals surface area (Å²) in [6.07, 6.45) is -0.182. The second kappa shape index (κ2) is 6.82. The highest BCUT2D eigenvalue weighted by Crippen LogP contribution is 2.29. The van der Waals surface area contributed by atoms with Crippen molar-refractivity contribution in [3.63, 3.8) is 0 Å². The van der Waals surface area contributed by atoms with Gasteiger partial charge in [-0.15, -0.1) is 0 Å². The van der Waals surface area contributed by atoms with E-state index in [0.29, 0.717) is 30.3 Å². The van der Waals surface area contributed by atoms with Gasteiger partial charge in [-0.3, -0.25) is 4.79 Å². The van der Waals surface area contributed by atoms with Crippen molar-refractivity contribution in [1.82, 2.24) is 4.90 Å². The minimum Gasteiger partial charge on any atom is -0.370 e. The number of morpholine rings is 1. The van der Waals surface area contributed by atoms with E-state index in [4.69, 9.17) is 16.3 Å². The van der Waals surface area contributed by atoms with E-state index in [1.807, 2.05) is 53.4 Å². The van der Waals surface area contributed by atoms with Crippen LogP contribution in [0.2, 0.25) is 5.02 Å². The molecule has 1 heterocycles. The van der Waals surface area contributed by atoms with E-state index in [-0.39, 0.29) is 12.0 Å². The van der Waals surface area contributed by atoms with Crippen molar-refractivity contribution in [1.29, 1.82) is 0 Å². The van der Waals surface area contributed by atoms with Gasteiger partial charge in [-0.25, -0.2) is 0 Å². The molecular formula is C17H15BrClNO2. The van der Waals surface area contributed by atoms with Gasteiger partial charge in [0.2, 0.25) is 0 Å². The largest absolute Gasteiger partial charge is 0.370 e. The monoisotopic (exact) mass is 379 g/mol. The molecule has 2 aromatic carbocycles. The highest BCUT2D eigenvalue weighted by molar-refractivity contribution is 9.10. The predicted molar refractivity (Wildman–Crippen MR) is 90.2 cm³/mol. The molecule has 1 fully saturated rings. The van der Waals surface area contributed by atoms with Gasteiger partial charge in [0.05, 0.1) is 13.2 Å². The van der Waals surface area contributed by atoms with Gasteiger partial charge in [0.15, 0.2) is 0 Å². The van der Waals surface area contributed by atoms with Crippen LogP contribution in [0.1, 0.15) is 22.0 Å². The van der Waals surface area contributed by atoms with Crippen LogP contribution in [0.3, 0.4) is 0 Å². The second-order valence-corrected chi connectivity index (χ2v) is 6.47. The maximum absolute atomic E-state index is 12.6. The molecule has 5 heteroatoms. The lowest BCUT2D eigenvalue weighted by Gasteiger charge is -2.33. The Kier molecular flexibility index (Phi) is 4.81. The highest BCUT2D eigenvalue weighted by atomic mass is 79.9. The van der Waals surface area contributed by atoms with Crippen molar-refractivity contribution >= 4 is 33.4 Å². The van der Waals surface area contributed by atoms with Gasteiger partial charge in [-0.2, -0.15) is 0 Å². The van der Waals surface area contributed by atoms with Crippen molar-refractivity contribution < 1.29 is 9.53 Å². The van der Waals surface area contributed by atoms with Crippen LogP contribution >= 0.6 is 27.5 Å². The number of nitrogens with zero attached hydrogens (tertiary/aromatic N) is 1. The molecule has 0 radical (unpaired) electrons. The Labute approximate surface area is 143 Å². The number of rotatable bonds is 2. The molecule has 22 heavy (non-hydrogen) atoms. The number of halogens is 2. The smallest absolute Gasteiger partial charge is 0.254 e. The average Bonchev–Trinajstić information content (AvgIpc) is 2.55. The van der Waals surface area contributed by atoms with Crippen LogP contribution in [0.15, 0.2) is 53.0 Å². The summed E-state index contributed by atoms with van der Waals surface area (Å²) in [6.45, 7) is 1.61. The van der Waals surface area contributed by atoms with Crippen LogP contribution in [0, 0.1) is 0 Å². The molecule has 1 unspecified atom stereocenters. The molecule has 1 aliphatic rings. The summed E-state index contributed by atoms with van der Waals surface area (Å²) in [7, 11) is 0. The summed E-state index contributed by atoms with van der Waals surface area (Å²) in [5.41, 5.74) is 1.60. The van der Waals surface area contributed by atoms with E-state index < -0.39 is 0 Å². The number of amides is 1. The molecule has 114 valence electrons. The number of carbonyl (C=O) groups is 1. The van der Waals surface area contributed by atoms with Crippen LogP contribution in [0.25, 0.3) is 0 Å². The molecule has 3 rings (SSSR count). The molecule has 0 N–H and O–H groups in total. The van der Waals surface area contributed by atoms with E-state index in [1.165, 1.54) is 0 Å². The minimum atomic E-state index is -0.182. The van der Waals surface area contributed by atoms with Gasteiger partial charge in [0.1, 0.15) is 6.10 Å². The van der Waals surface area contributed by atoms with Crippen LogP contribution in [0.5, 0.6) is 0 Å². The highest BCUT2D eigenvalue weighted by Gasteiger charge is 2.27. The molecule has 1 atom stereocenters. The van der Waals surface area contributed by atoms with Gasteiger partial charge in [-0.05, 0) is 24.3 Å². The normalized spacial score (nSPS) is 18.3. The molecule has 2 aromatic rings. The third kappa shape index (κ3) is 3.35. The predicted octanol–water partition coefficient (Wildman–Crippen LogP) is 4.32. The number of hydrogen-bond acceptors (Lipinski definition) is 2. The summed E-state index contributed by atoms with van der Waals surface area (Å²) in [6, 6.07) is 15.0. The lowest BCUT2D eigenvalue weighted by atomic mass is 10.1. The Morgan fingerprint density at radius 2 is 2.05 bits per heavy atom. The van der Waals surface area contributed by atoms with E-state index in [9.17, 15) is 4.79 Å². The lowest BCUT2D eigenvalue weighted by molar-refractivity contribution is -0.0227. The molecule has 1 aliphatic heterocycles. The van der Waals surface area contributed by atoms with Crippen LogP contribution in [0.4, 0.5) is 0 Å². The van der Waals surface area contributed by atoms with Crippen molar-refractivity contribution in [2.24, 2.45) is 0 Å². The summed E-state index contributed by atoms with van der Waals surface area (Å²) >= 11 is 9.63. The van der Waals surface area contributed by atoms with E-state index in [0.717, 1.165) is 10.0 Å². The molecule has 0 spiro atoms. The Morgan fingerprint density at radius 3 is 2.82 bits per heavy atom. The summed E-state index contributed by atoms with van der Waals surface area (Å²) in [4.78, 5) is 14.4. The van der Waals surface area contributed by atoms with Gasteiger partial charge in [0, 0.05) is 27.2 Å². The third-order valence-electron chi connectivity index (χ3n) is 3.68. The number of carbonyl (C=O) groups excluding carboxylic acids is 1. The fourth-order valence-corrected chi connectivity index (χ4v) is 3.22. The van der Waals surface area contributed by atoms with Gasteiger partial charge >= 0.3 is 0 Å². The molecule has 0 saturated carbocycles.